The first-order valence-electron chi connectivity index (χ1n) is 4.51. The molecule has 3 nitrogen and oxygen atoms in total. The third-order valence-corrected chi connectivity index (χ3v) is 2.12. The molecule has 0 aliphatic rings. The fourth-order valence-electron chi connectivity index (χ4n) is 1.17. The van der Waals surface area contributed by atoms with Crippen molar-refractivity contribution in [1.29, 1.82) is 0 Å². The van der Waals surface area contributed by atoms with Crippen LogP contribution in [0, 0.1) is 13.8 Å². The van der Waals surface area contributed by atoms with Gasteiger partial charge in [0.05, 0.1) is 11.4 Å². The van der Waals surface area contributed by atoms with Crippen molar-refractivity contribution in [3.63, 3.8) is 0 Å². The van der Waals surface area contributed by atoms with Gasteiger partial charge in [-0.2, -0.15) is 5.10 Å². The van der Waals surface area contributed by atoms with E-state index in [2.05, 4.69) is 15.2 Å². The largest absolute Gasteiger partial charge is 0.230 e. The average Bonchev–Trinajstić information content (AvgIpc) is 2.23. The molecule has 0 saturated carbocycles. The summed E-state index contributed by atoms with van der Waals surface area (Å²) in [5.74, 6) is 0.689. The molecule has 14 heavy (non-hydrogen) atoms. The molecule has 3 heteroatoms. The highest BCUT2D eigenvalue weighted by Gasteiger charge is 2.02. The van der Waals surface area contributed by atoms with Crippen molar-refractivity contribution in [2.24, 2.45) is 0 Å². The molecule has 0 aliphatic carbocycles. The van der Waals surface area contributed by atoms with Gasteiger partial charge in [0.2, 0.25) is 0 Å². The third-order valence-electron chi connectivity index (χ3n) is 2.12. The van der Waals surface area contributed by atoms with Crippen molar-refractivity contribution in [2.75, 3.05) is 0 Å². The van der Waals surface area contributed by atoms with Gasteiger partial charge in [0, 0.05) is 5.56 Å². The van der Waals surface area contributed by atoms with Crippen molar-refractivity contribution in [2.45, 2.75) is 13.8 Å². The van der Waals surface area contributed by atoms with Crippen LogP contribution < -0.4 is 0 Å². The minimum absolute atomic E-state index is 0.689. The number of benzene rings is 1. The number of hydrogen-bond acceptors (Lipinski definition) is 3. The van der Waals surface area contributed by atoms with E-state index in [4.69, 9.17) is 0 Å². The minimum Gasteiger partial charge on any atom is -0.230 e. The Bertz CT molecular complexity index is 438. The van der Waals surface area contributed by atoms with Crippen molar-refractivity contribution >= 4 is 0 Å². The Morgan fingerprint density at radius 1 is 0.857 bits per heavy atom. The highest BCUT2D eigenvalue weighted by molar-refractivity contribution is 5.53. The van der Waals surface area contributed by atoms with Crippen LogP contribution in [0.5, 0.6) is 0 Å². The number of hydrogen-bond donors (Lipinski definition) is 0. The average molecular weight is 185 g/mol. The smallest absolute Gasteiger partial charge is 0.181 e. The standard InChI is InChI=1S/C11H11N3/c1-8-9(2)13-14-11(12-8)10-6-4-3-5-7-10/h3-7H,1-2H3. The van der Waals surface area contributed by atoms with E-state index in [1.807, 2.05) is 44.2 Å². The summed E-state index contributed by atoms with van der Waals surface area (Å²) in [5.41, 5.74) is 2.81. The molecule has 0 saturated heterocycles. The molecular formula is C11H11N3. The van der Waals surface area contributed by atoms with Crippen LogP contribution in [0.1, 0.15) is 11.4 Å². The molecule has 70 valence electrons. The van der Waals surface area contributed by atoms with E-state index in [0.29, 0.717) is 5.82 Å². The lowest BCUT2D eigenvalue weighted by Gasteiger charge is -2.01. The lowest BCUT2D eigenvalue weighted by Crippen LogP contribution is -1.98. The van der Waals surface area contributed by atoms with Gasteiger partial charge in [0.15, 0.2) is 5.82 Å². The first-order chi connectivity index (χ1) is 6.77. The minimum atomic E-state index is 0.689. The Morgan fingerprint density at radius 2 is 1.57 bits per heavy atom. The van der Waals surface area contributed by atoms with Gasteiger partial charge in [0.25, 0.3) is 0 Å². The molecule has 0 amide bonds. The van der Waals surface area contributed by atoms with E-state index >= 15 is 0 Å². The maximum atomic E-state index is 4.37. The van der Waals surface area contributed by atoms with Gasteiger partial charge < -0.3 is 0 Å². The molecule has 1 heterocycles. The summed E-state index contributed by atoms with van der Waals surface area (Å²) in [6, 6.07) is 9.86. The fraction of sp³-hybridized carbons (Fsp3) is 0.182. The van der Waals surface area contributed by atoms with Crippen LogP contribution in [0.4, 0.5) is 0 Å². The molecule has 2 aromatic rings. The van der Waals surface area contributed by atoms with Crippen LogP contribution >= 0.6 is 0 Å². The number of aryl methyl sites for hydroxylation is 2. The van der Waals surface area contributed by atoms with Gasteiger partial charge in [-0.3, -0.25) is 0 Å². The predicted octanol–water partition coefficient (Wildman–Crippen LogP) is 2.16. The normalized spacial score (nSPS) is 10.1. The van der Waals surface area contributed by atoms with E-state index in [9.17, 15) is 0 Å². The highest BCUT2D eigenvalue weighted by Crippen LogP contribution is 2.13. The summed E-state index contributed by atoms with van der Waals surface area (Å²) in [7, 11) is 0. The molecule has 0 N–H and O–H groups in total. The van der Waals surface area contributed by atoms with E-state index in [1.165, 1.54) is 0 Å². The van der Waals surface area contributed by atoms with Crippen LogP contribution in [0.2, 0.25) is 0 Å². The zero-order valence-electron chi connectivity index (χ0n) is 8.23. The van der Waals surface area contributed by atoms with Crippen LogP contribution in [0.25, 0.3) is 11.4 Å². The Hall–Kier alpha value is -1.77. The van der Waals surface area contributed by atoms with Crippen LogP contribution in [-0.2, 0) is 0 Å². The second-order valence-corrected chi connectivity index (χ2v) is 3.17. The number of nitrogens with zero attached hydrogens (tertiary/aromatic N) is 3. The zero-order valence-corrected chi connectivity index (χ0v) is 8.23. The molecule has 0 unspecified atom stereocenters. The van der Waals surface area contributed by atoms with E-state index in [-0.39, 0.29) is 0 Å². The van der Waals surface area contributed by atoms with Crippen molar-refractivity contribution < 1.29 is 0 Å². The van der Waals surface area contributed by atoms with Crippen LogP contribution in [-0.4, -0.2) is 15.2 Å². The number of rotatable bonds is 1. The maximum Gasteiger partial charge on any atom is 0.181 e. The second kappa shape index (κ2) is 3.54. The molecular weight excluding hydrogens is 174 g/mol. The summed E-state index contributed by atoms with van der Waals surface area (Å²) in [4.78, 5) is 4.37. The molecule has 0 bridgehead atoms. The summed E-state index contributed by atoms with van der Waals surface area (Å²) in [6.45, 7) is 3.85. The molecule has 0 radical (unpaired) electrons. The summed E-state index contributed by atoms with van der Waals surface area (Å²) < 4.78 is 0. The lowest BCUT2D eigenvalue weighted by atomic mass is 10.2. The molecule has 2 rings (SSSR count). The van der Waals surface area contributed by atoms with Gasteiger partial charge >= 0.3 is 0 Å². The van der Waals surface area contributed by atoms with Gasteiger partial charge in [-0.25, -0.2) is 4.98 Å². The predicted molar refractivity (Wildman–Crippen MR) is 54.7 cm³/mol. The maximum absolute atomic E-state index is 4.37. The Balaban J connectivity index is 2.48. The lowest BCUT2D eigenvalue weighted by molar-refractivity contribution is 0.905. The molecule has 0 atom stereocenters. The molecule has 1 aromatic heterocycles. The SMILES string of the molecule is Cc1nnc(-c2ccccc2)nc1C. The van der Waals surface area contributed by atoms with Gasteiger partial charge in [0.1, 0.15) is 0 Å². The zero-order chi connectivity index (χ0) is 9.97. The third kappa shape index (κ3) is 1.62. The summed E-state index contributed by atoms with van der Waals surface area (Å²) in [5, 5.41) is 8.09. The first-order valence-corrected chi connectivity index (χ1v) is 4.51. The van der Waals surface area contributed by atoms with Gasteiger partial charge in [-0.15, -0.1) is 5.10 Å². The summed E-state index contributed by atoms with van der Waals surface area (Å²) >= 11 is 0. The number of aromatic nitrogens is 3. The Morgan fingerprint density at radius 3 is 2.21 bits per heavy atom. The monoisotopic (exact) mass is 185 g/mol. The van der Waals surface area contributed by atoms with E-state index < -0.39 is 0 Å². The van der Waals surface area contributed by atoms with Gasteiger partial charge in [-0.05, 0) is 13.8 Å². The quantitative estimate of drug-likeness (QED) is 0.683. The topological polar surface area (TPSA) is 38.7 Å². The summed E-state index contributed by atoms with van der Waals surface area (Å²) in [6.07, 6.45) is 0. The fourth-order valence-corrected chi connectivity index (χ4v) is 1.17. The Labute approximate surface area is 82.8 Å². The van der Waals surface area contributed by atoms with Crippen molar-refractivity contribution in [3.8, 4) is 11.4 Å². The molecule has 1 aromatic carbocycles. The van der Waals surface area contributed by atoms with Crippen LogP contribution in [0.15, 0.2) is 30.3 Å². The van der Waals surface area contributed by atoms with Gasteiger partial charge in [-0.1, -0.05) is 30.3 Å². The van der Waals surface area contributed by atoms with E-state index in [0.717, 1.165) is 17.0 Å². The molecule has 0 aliphatic heterocycles. The molecule has 0 fully saturated rings. The van der Waals surface area contributed by atoms with Crippen LogP contribution in [0.3, 0.4) is 0 Å². The van der Waals surface area contributed by atoms with Crippen molar-refractivity contribution in [1.82, 2.24) is 15.2 Å². The second-order valence-electron chi connectivity index (χ2n) is 3.17. The highest BCUT2D eigenvalue weighted by atomic mass is 15.2. The first kappa shape index (κ1) is 8.81. The van der Waals surface area contributed by atoms with E-state index in [1.54, 1.807) is 0 Å². The molecule has 0 spiro atoms. The Kier molecular flexibility index (Phi) is 2.23. The van der Waals surface area contributed by atoms with Crippen molar-refractivity contribution in [3.05, 3.63) is 41.7 Å².